The van der Waals surface area contributed by atoms with E-state index in [0.717, 1.165) is 22.4 Å². The van der Waals surface area contributed by atoms with Crippen LogP contribution in [-0.2, 0) is 9.59 Å². The lowest BCUT2D eigenvalue weighted by atomic mass is 10.1. The molecule has 0 bridgehead atoms. The van der Waals surface area contributed by atoms with Crippen molar-refractivity contribution in [2.75, 3.05) is 18.5 Å². The lowest BCUT2D eigenvalue weighted by Crippen LogP contribution is -2.20. The van der Waals surface area contributed by atoms with E-state index in [2.05, 4.69) is 26.6 Å². The molecule has 2 aromatic rings. The van der Waals surface area contributed by atoms with E-state index in [1.54, 1.807) is 18.2 Å². The average Bonchev–Trinajstić information content (AvgIpc) is 2.97. The van der Waals surface area contributed by atoms with Crippen LogP contribution >= 0.6 is 39.9 Å². The first kappa shape index (κ1) is 23.3. The van der Waals surface area contributed by atoms with Gasteiger partial charge in [-0.1, -0.05) is 30.0 Å². The molecule has 1 aliphatic heterocycles. The number of carbonyl (C=O) groups excluding carboxylic acids is 2. The molecule has 1 heterocycles. The largest absolute Gasteiger partial charge is 0.490 e. The van der Waals surface area contributed by atoms with E-state index in [0.29, 0.717) is 31.8 Å². The van der Waals surface area contributed by atoms with Gasteiger partial charge in [0.25, 0.3) is 11.8 Å². The fraction of sp³-hybridized carbons (Fsp3) is 0.227. The number of hydrogen-bond donors (Lipinski definition) is 2. The number of anilines is 1. The molecule has 1 aliphatic rings. The molecule has 2 aromatic carbocycles. The molecule has 2 amide bonds. The van der Waals surface area contributed by atoms with Crippen LogP contribution < -0.4 is 20.1 Å². The number of thioether (sulfide) groups is 1. The van der Waals surface area contributed by atoms with Gasteiger partial charge in [0.15, 0.2) is 18.1 Å². The van der Waals surface area contributed by atoms with Crippen molar-refractivity contribution < 1.29 is 19.1 Å². The Morgan fingerprint density at radius 3 is 2.52 bits per heavy atom. The van der Waals surface area contributed by atoms with Crippen molar-refractivity contribution in [3.63, 3.8) is 0 Å². The van der Waals surface area contributed by atoms with Gasteiger partial charge in [-0.15, -0.1) is 0 Å². The van der Waals surface area contributed by atoms with Gasteiger partial charge in [0.05, 0.1) is 16.0 Å². The molecule has 1 saturated heterocycles. The Labute approximate surface area is 198 Å². The normalized spacial score (nSPS) is 14.5. The number of rotatable bonds is 7. The first-order valence-corrected chi connectivity index (χ1v) is 11.5. The van der Waals surface area contributed by atoms with Gasteiger partial charge in [0.2, 0.25) is 0 Å². The van der Waals surface area contributed by atoms with Crippen molar-refractivity contribution in [2.45, 2.75) is 20.8 Å². The van der Waals surface area contributed by atoms with Gasteiger partial charge in [0.1, 0.15) is 4.32 Å². The smallest absolute Gasteiger partial charge is 0.263 e. The Bertz CT molecular complexity index is 1070. The number of nitrogens with one attached hydrogen (secondary N) is 2. The molecule has 0 spiro atoms. The average molecular weight is 521 g/mol. The Balaban J connectivity index is 1.75. The van der Waals surface area contributed by atoms with Gasteiger partial charge in [0, 0.05) is 5.69 Å². The van der Waals surface area contributed by atoms with Crippen molar-refractivity contribution in [3.05, 3.63) is 56.4 Å². The highest BCUT2D eigenvalue weighted by Gasteiger charge is 2.22. The third-order valence-corrected chi connectivity index (χ3v) is 5.88. The molecule has 0 saturated carbocycles. The summed E-state index contributed by atoms with van der Waals surface area (Å²) in [6.45, 7) is 6.04. The van der Waals surface area contributed by atoms with Gasteiger partial charge in [-0.05, 0) is 83.7 Å². The number of thiocarbonyl (C=S) groups is 1. The summed E-state index contributed by atoms with van der Waals surface area (Å²) in [5, 5.41) is 5.43. The molecule has 9 heteroatoms. The molecule has 0 aromatic heterocycles. The minimum atomic E-state index is -0.280. The third-order valence-electron chi connectivity index (χ3n) is 4.12. The number of carbonyl (C=O) groups is 2. The summed E-state index contributed by atoms with van der Waals surface area (Å²) >= 11 is 9.71. The topological polar surface area (TPSA) is 76.7 Å². The van der Waals surface area contributed by atoms with Crippen molar-refractivity contribution in [1.82, 2.24) is 5.32 Å². The van der Waals surface area contributed by atoms with Crippen molar-refractivity contribution >= 4 is 67.8 Å². The van der Waals surface area contributed by atoms with Crippen LogP contribution in [0.4, 0.5) is 5.69 Å². The monoisotopic (exact) mass is 520 g/mol. The SMILES string of the molecule is CCOc1cc(/C=C2\SC(=S)NC2=O)cc(Br)c1OCC(=O)Nc1cc(C)cc(C)c1. The van der Waals surface area contributed by atoms with E-state index in [9.17, 15) is 9.59 Å². The summed E-state index contributed by atoms with van der Waals surface area (Å²) in [5.74, 6) is 0.373. The molecule has 0 unspecified atom stereocenters. The molecule has 31 heavy (non-hydrogen) atoms. The first-order chi connectivity index (χ1) is 14.7. The molecule has 6 nitrogen and oxygen atoms in total. The number of halogens is 1. The predicted molar refractivity (Wildman–Crippen MR) is 132 cm³/mol. The van der Waals surface area contributed by atoms with Gasteiger partial charge in [-0.25, -0.2) is 0 Å². The minimum Gasteiger partial charge on any atom is -0.490 e. The molecule has 162 valence electrons. The summed E-state index contributed by atoms with van der Waals surface area (Å²) in [7, 11) is 0. The van der Waals surface area contributed by atoms with Crippen molar-refractivity contribution in [2.24, 2.45) is 0 Å². The van der Waals surface area contributed by atoms with Crippen molar-refractivity contribution in [3.8, 4) is 11.5 Å². The van der Waals surface area contributed by atoms with Crippen LogP contribution in [0.15, 0.2) is 39.7 Å². The Morgan fingerprint density at radius 1 is 1.19 bits per heavy atom. The van der Waals surface area contributed by atoms with Crippen LogP contribution in [0.1, 0.15) is 23.6 Å². The second-order valence-corrected chi connectivity index (χ2v) is 9.40. The summed E-state index contributed by atoms with van der Waals surface area (Å²) in [4.78, 5) is 24.8. The summed E-state index contributed by atoms with van der Waals surface area (Å²) in [6, 6.07) is 9.39. The Kier molecular flexibility index (Phi) is 7.74. The highest BCUT2D eigenvalue weighted by molar-refractivity contribution is 9.10. The van der Waals surface area contributed by atoms with Gasteiger partial charge in [-0.3, -0.25) is 9.59 Å². The van der Waals surface area contributed by atoms with E-state index in [4.69, 9.17) is 21.7 Å². The summed E-state index contributed by atoms with van der Waals surface area (Å²) in [6.07, 6.45) is 1.73. The maximum Gasteiger partial charge on any atom is 0.263 e. The molecule has 0 radical (unpaired) electrons. The molecular formula is C22H21BrN2O4S2. The van der Waals surface area contributed by atoms with Gasteiger partial charge < -0.3 is 20.1 Å². The van der Waals surface area contributed by atoms with E-state index in [1.165, 1.54) is 11.8 Å². The van der Waals surface area contributed by atoms with Crippen LogP contribution in [0.5, 0.6) is 11.5 Å². The van der Waals surface area contributed by atoms with E-state index in [1.807, 2.05) is 39.0 Å². The van der Waals surface area contributed by atoms with Crippen LogP contribution in [0.2, 0.25) is 0 Å². The molecule has 0 atom stereocenters. The van der Waals surface area contributed by atoms with Crippen LogP contribution in [-0.4, -0.2) is 29.3 Å². The fourth-order valence-electron chi connectivity index (χ4n) is 3.03. The molecular weight excluding hydrogens is 500 g/mol. The number of amides is 2. The predicted octanol–water partition coefficient (Wildman–Crippen LogP) is 4.97. The third kappa shape index (κ3) is 6.32. The maximum absolute atomic E-state index is 12.4. The zero-order valence-corrected chi connectivity index (χ0v) is 20.4. The number of benzene rings is 2. The maximum atomic E-state index is 12.4. The van der Waals surface area contributed by atoms with E-state index in [-0.39, 0.29) is 18.4 Å². The standard InChI is InChI=1S/C22H21BrN2O4S2/c1-4-28-17-9-14(10-18-21(27)25-22(30)31-18)8-16(23)20(17)29-11-19(26)24-15-6-12(2)5-13(3)7-15/h5-10H,4,11H2,1-3H3,(H,24,26)(H,25,27,30)/b18-10-. The Morgan fingerprint density at radius 2 is 1.90 bits per heavy atom. The zero-order chi connectivity index (χ0) is 22.5. The first-order valence-electron chi connectivity index (χ1n) is 9.47. The summed E-state index contributed by atoms with van der Waals surface area (Å²) in [5.41, 5.74) is 3.60. The highest BCUT2D eigenvalue weighted by atomic mass is 79.9. The van der Waals surface area contributed by atoms with E-state index >= 15 is 0 Å². The summed E-state index contributed by atoms with van der Waals surface area (Å²) < 4.78 is 12.5. The molecule has 1 fully saturated rings. The van der Waals surface area contributed by atoms with Crippen molar-refractivity contribution in [1.29, 1.82) is 0 Å². The second kappa shape index (κ2) is 10.3. The van der Waals surface area contributed by atoms with Crippen LogP contribution in [0.3, 0.4) is 0 Å². The quantitative estimate of drug-likeness (QED) is 0.396. The molecule has 2 N–H and O–H groups in total. The molecule has 0 aliphatic carbocycles. The lowest BCUT2D eigenvalue weighted by molar-refractivity contribution is -0.118. The number of aryl methyl sites for hydroxylation is 2. The van der Waals surface area contributed by atoms with E-state index < -0.39 is 0 Å². The second-order valence-electron chi connectivity index (χ2n) is 6.83. The van der Waals surface area contributed by atoms with Crippen LogP contribution in [0.25, 0.3) is 6.08 Å². The fourth-order valence-corrected chi connectivity index (χ4v) is 4.65. The highest BCUT2D eigenvalue weighted by Crippen LogP contribution is 2.38. The lowest BCUT2D eigenvalue weighted by Gasteiger charge is -2.15. The van der Waals surface area contributed by atoms with Crippen LogP contribution in [0, 0.1) is 13.8 Å². The van der Waals surface area contributed by atoms with Gasteiger partial charge >= 0.3 is 0 Å². The van der Waals surface area contributed by atoms with Gasteiger partial charge in [-0.2, -0.15) is 0 Å². The number of ether oxygens (including phenoxy) is 2. The zero-order valence-electron chi connectivity index (χ0n) is 17.2. The Hall–Kier alpha value is -2.36. The number of hydrogen-bond acceptors (Lipinski definition) is 6. The molecule has 3 rings (SSSR count). The minimum absolute atomic E-state index is 0.182.